The van der Waals surface area contributed by atoms with E-state index in [9.17, 15) is 4.79 Å². The molecule has 1 aliphatic rings. The van der Waals surface area contributed by atoms with Crippen LogP contribution in [0.1, 0.15) is 35.0 Å². The first-order chi connectivity index (χ1) is 18.9. The predicted molar refractivity (Wildman–Crippen MR) is 148 cm³/mol. The summed E-state index contributed by atoms with van der Waals surface area (Å²) in [4.78, 5) is 25.4. The van der Waals surface area contributed by atoms with Gasteiger partial charge >= 0.3 is 0 Å². The van der Waals surface area contributed by atoms with Crippen LogP contribution < -0.4 is 16.8 Å². The molecular weight excluding hydrogens is 519 g/mol. The summed E-state index contributed by atoms with van der Waals surface area (Å²) in [7, 11) is 0. The molecule has 0 bridgehead atoms. The number of aromatic amines is 2. The van der Waals surface area contributed by atoms with Gasteiger partial charge in [0.25, 0.3) is 0 Å². The van der Waals surface area contributed by atoms with Crippen molar-refractivity contribution in [2.75, 3.05) is 11.5 Å². The summed E-state index contributed by atoms with van der Waals surface area (Å²) >= 11 is 6.55. The van der Waals surface area contributed by atoms with Crippen molar-refractivity contribution in [3.8, 4) is 11.3 Å². The van der Waals surface area contributed by atoms with Gasteiger partial charge in [0.1, 0.15) is 28.0 Å². The Morgan fingerprint density at radius 2 is 1.97 bits per heavy atom. The maximum absolute atomic E-state index is 15.4. The number of nitrogens with two attached hydrogens (primary N) is 2. The van der Waals surface area contributed by atoms with Gasteiger partial charge in [-0.3, -0.25) is 9.89 Å². The Labute approximate surface area is 228 Å². The summed E-state index contributed by atoms with van der Waals surface area (Å²) in [5, 5.41) is 10.3. The monoisotopic (exact) mass is 544 g/mol. The van der Waals surface area contributed by atoms with Crippen molar-refractivity contribution in [1.29, 1.82) is 0 Å². The van der Waals surface area contributed by atoms with Gasteiger partial charge in [0.15, 0.2) is 11.6 Å². The number of nitrogens with zero attached hydrogens (tertiary/aromatic N) is 3. The molecule has 0 saturated carbocycles. The highest BCUT2D eigenvalue weighted by atomic mass is 35.5. The molecule has 0 spiro atoms. The number of fused-ring (bicyclic) bond motifs is 2. The third kappa shape index (κ3) is 4.67. The van der Waals surface area contributed by atoms with E-state index >= 15 is 4.39 Å². The fourth-order valence-electron chi connectivity index (χ4n) is 5.27. The summed E-state index contributed by atoms with van der Waals surface area (Å²) in [5.41, 5.74) is 15.5. The Bertz CT molecular complexity index is 1680. The maximum atomic E-state index is 15.4. The molecular formula is C28H26ClFN8O. The minimum Gasteiger partial charge on any atom is -0.383 e. The molecule has 9 nitrogen and oxygen atoms in total. The molecule has 39 heavy (non-hydrogen) atoms. The second-order valence-corrected chi connectivity index (χ2v) is 10.1. The van der Waals surface area contributed by atoms with Gasteiger partial charge in [-0.25, -0.2) is 14.4 Å². The van der Waals surface area contributed by atoms with Gasteiger partial charge < -0.3 is 21.8 Å². The molecule has 2 aromatic carbocycles. The molecule has 6 rings (SSSR count). The largest absolute Gasteiger partial charge is 0.383 e. The highest BCUT2D eigenvalue weighted by molar-refractivity contribution is 6.32. The van der Waals surface area contributed by atoms with Crippen molar-refractivity contribution in [2.24, 2.45) is 5.92 Å². The van der Waals surface area contributed by atoms with Gasteiger partial charge in [0.05, 0.1) is 6.04 Å². The Morgan fingerprint density at radius 3 is 2.79 bits per heavy atom. The maximum Gasteiger partial charge on any atom is 0.224 e. The molecule has 198 valence electrons. The normalized spacial score (nSPS) is 15.7. The molecule has 11 heteroatoms. The highest BCUT2D eigenvalue weighted by Crippen LogP contribution is 2.34. The first-order valence-corrected chi connectivity index (χ1v) is 13.0. The zero-order chi connectivity index (χ0) is 27.1. The fraction of sp³-hybridized carbons (Fsp3) is 0.214. The third-order valence-corrected chi connectivity index (χ3v) is 7.61. The SMILES string of the molecule is Nc1nccc2c1CCC(C(=O)N[C@@H](Cc1ccccc1)c1nc(-c3ccc4c(N)n[nH]c4c3F)c(Cl)[nH]1)C2. The number of hydrogen-bond donors (Lipinski definition) is 5. The molecule has 0 aliphatic heterocycles. The molecule has 2 atom stereocenters. The molecule has 3 heterocycles. The first kappa shape index (κ1) is 24.9. The van der Waals surface area contributed by atoms with Crippen molar-refractivity contribution >= 4 is 40.0 Å². The quantitative estimate of drug-likeness (QED) is 0.212. The predicted octanol–water partition coefficient (Wildman–Crippen LogP) is 4.51. The minimum atomic E-state index is -0.560. The number of nitrogen functional groups attached to an aromatic ring is 2. The number of rotatable bonds is 6. The first-order valence-electron chi connectivity index (χ1n) is 12.6. The Balaban J connectivity index is 1.31. The van der Waals surface area contributed by atoms with E-state index < -0.39 is 11.9 Å². The van der Waals surface area contributed by atoms with Crippen LogP contribution in [0.15, 0.2) is 54.7 Å². The number of aromatic nitrogens is 5. The van der Waals surface area contributed by atoms with Crippen LogP contribution in [0.5, 0.6) is 0 Å². The average Bonchev–Trinajstić information content (AvgIpc) is 3.52. The number of hydrogen-bond acceptors (Lipinski definition) is 6. The van der Waals surface area contributed by atoms with Gasteiger partial charge in [-0.2, -0.15) is 5.10 Å². The third-order valence-electron chi connectivity index (χ3n) is 7.33. The standard InChI is InChI=1S/C28H26ClFN8O/c29-24-23(18-8-9-19-22(21(18)30)37-38-26(19)32)35-27(36-24)20(12-14-4-2-1-3-5-14)34-28(39)16-6-7-17-15(13-16)10-11-33-25(17)31/h1-5,8-11,16,20H,6-7,12-13H2,(H2,31,33)(H,34,39)(H,35,36)(H3,32,37,38)/t16?,20-/m0/s1. The van der Waals surface area contributed by atoms with Crippen LogP contribution in [0.25, 0.3) is 22.2 Å². The molecule has 1 aliphatic carbocycles. The minimum absolute atomic E-state index is 0.0911. The number of halogens is 2. The smallest absolute Gasteiger partial charge is 0.224 e. The van der Waals surface area contributed by atoms with Crippen molar-refractivity contribution in [2.45, 2.75) is 31.7 Å². The van der Waals surface area contributed by atoms with E-state index in [4.69, 9.17) is 23.1 Å². The van der Waals surface area contributed by atoms with Crippen LogP contribution in [-0.2, 0) is 24.1 Å². The van der Waals surface area contributed by atoms with Crippen LogP contribution in [0.4, 0.5) is 16.0 Å². The van der Waals surface area contributed by atoms with Crippen molar-refractivity contribution in [3.05, 3.63) is 88.2 Å². The summed E-state index contributed by atoms with van der Waals surface area (Å²) in [5.74, 6) is 0.281. The van der Waals surface area contributed by atoms with Gasteiger partial charge in [-0.15, -0.1) is 0 Å². The number of benzene rings is 2. The summed E-state index contributed by atoms with van der Waals surface area (Å²) in [6.07, 6.45) is 4.07. The van der Waals surface area contributed by atoms with Gasteiger partial charge in [0, 0.05) is 23.1 Å². The lowest BCUT2D eigenvalue weighted by atomic mass is 9.83. The Hall–Kier alpha value is -4.44. The number of nitrogens with one attached hydrogen (secondary N) is 3. The van der Waals surface area contributed by atoms with Crippen molar-refractivity contribution < 1.29 is 9.18 Å². The highest BCUT2D eigenvalue weighted by Gasteiger charge is 2.30. The lowest BCUT2D eigenvalue weighted by molar-refractivity contribution is -0.126. The van der Waals surface area contributed by atoms with Crippen molar-refractivity contribution in [3.63, 3.8) is 0 Å². The lowest BCUT2D eigenvalue weighted by Crippen LogP contribution is -2.38. The Kier molecular flexibility index (Phi) is 6.40. The molecule has 3 aromatic heterocycles. The second-order valence-electron chi connectivity index (χ2n) is 9.77. The molecule has 1 amide bonds. The zero-order valence-corrected chi connectivity index (χ0v) is 21.6. The number of carbonyl (C=O) groups excluding carboxylic acids is 1. The lowest BCUT2D eigenvalue weighted by Gasteiger charge is -2.26. The van der Waals surface area contributed by atoms with E-state index in [1.807, 2.05) is 36.4 Å². The molecule has 0 fully saturated rings. The molecule has 5 aromatic rings. The fourth-order valence-corrected chi connectivity index (χ4v) is 5.51. The average molecular weight is 545 g/mol. The number of imidazole rings is 1. The van der Waals surface area contributed by atoms with Crippen LogP contribution >= 0.6 is 11.6 Å². The second kappa shape index (κ2) is 10.0. The summed E-state index contributed by atoms with van der Waals surface area (Å²) < 4.78 is 15.4. The van der Waals surface area contributed by atoms with Crippen molar-refractivity contribution in [1.82, 2.24) is 30.5 Å². The van der Waals surface area contributed by atoms with Gasteiger partial charge in [-0.1, -0.05) is 41.9 Å². The van der Waals surface area contributed by atoms with E-state index in [0.29, 0.717) is 42.7 Å². The molecule has 7 N–H and O–H groups in total. The molecule has 0 saturated heterocycles. The van der Waals surface area contributed by atoms with Crippen LogP contribution in [-0.4, -0.2) is 31.1 Å². The number of H-pyrrole nitrogens is 2. The van der Waals surface area contributed by atoms with Gasteiger partial charge in [-0.05, 0) is 60.6 Å². The number of anilines is 2. The number of pyridine rings is 1. The van der Waals surface area contributed by atoms with Crippen LogP contribution in [0.3, 0.4) is 0 Å². The zero-order valence-electron chi connectivity index (χ0n) is 20.8. The summed E-state index contributed by atoms with van der Waals surface area (Å²) in [6.45, 7) is 0. The summed E-state index contributed by atoms with van der Waals surface area (Å²) in [6, 6.07) is 14.4. The van der Waals surface area contributed by atoms with Crippen LogP contribution in [0, 0.1) is 11.7 Å². The van der Waals surface area contributed by atoms with Crippen LogP contribution in [0.2, 0.25) is 5.15 Å². The molecule has 0 radical (unpaired) electrons. The van der Waals surface area contributed by atoms with E-state index in [0.717, 1.165) is 16.7 Å². The van der Waals surface area contributed by atoms with Gasteiger partial charge in [0.2, 0.25) is 5.91 Å². The van der Waals surface area contributed by atoms with E-state index in [2.05, 4.69) is 30.5 Å². The number of amides is 1. The number of carbonyl (C=O) groups is 1. The van der Waals surface area contributed by atoms with E-state index in [-0.39, 0.29) is 39.6 Å². The topological polar surface area (TPSA) is 151 Å². The van der Waals surface area contributed by atoms with E-state index in [1.165, 1.54) is 0 Å². The van der Waals surface area contributed by atoms with E-state index in [1.54, 1.807) is 18.3 Å². The Morgan fingerprint density at radius 1 is 1.15 bits per heavy atom. The molecule has 1 unspecified atom stereocenters.